The van der Waals surface area contributed by atoms with Crippen LogP contribution in [0, 0.1) is 17.8 Å². The number of allylic oxidation sites excluding steroid dienone is 6. The molecule has 0 nitrogen and oxygen atoms in total. The smallest absolute Gasteiger partial charge is 0.0370 e. The van der Waals surface area contributed by atoms with Gasteiger partial charge in [-0.3, -0.25) is 0 Å². The minimum Gasteiger partial charge on any atom is -0.123 e. The lowest BCUT2D eigenvalue weighted by atomic mass is 9.84. The van der Waals surface area contributed by atoms with Crippen LogP contribution in [0.25, 0.3) is 0 Å². The van der Waals surface area contributed by atoms with E-state index in [4.69, 9.17) is 11.6 Å². The molecule has 1 heteroatoms. The molecule has 0 aromatic rings. The lowest BCUT2D eigenvalue weighted by Crippen LogP contribution is -2.15. The fourth-order valence-corrected chi connectivity index (χ4v) is 4.40. The molecule has 21 heavy (non-hydrogen) atoms. The summed E-state index contributed by atoms with van der Waals surface area (Å²) < 4.78 is 0. The Morgan fingerprint density at radius 1 is 1.10 bits per heavy atom. The molecule has 118 valence electrons. The third-order valence-corrected chi connectivity index (χ3v) is 5.85. The second-order valence-electron chi connectivity index (χ2n) is 6.98. The van der Waals surface area contributed by atoms with Gasteiger partial charge in [-0.25, -0.2) is 0 Å². The van der Waals surface area contributed by atoms with E-state index in [1.807, 2.05) is 0 Å². The lowest BCUT2D eigenvalue weighted by Gasteiger charge is -2.22. The van der Waals surface area contributed by atoms with E-state index in [1.54, 1.807) is 0 Å². The summed E-state index contributed by atoms with van der Waals surface area (Å²) in [4.78, 5) is 0. The van der Waals surface area contributed by atoms with Crippen molar-refractivity contribution in [1.82, 2.24) is 0 Å². The fraction of sp³-hybridized carbons (Fsp3) is 0.700. The summed E-state index contributed by atoms with van der Waals surface area (Å²) in [6.45, 7) is 6.96. The van der Waals surface area contributed by atoms with Gasteiger partial charge in [0, 0.05) is 5.38 Å². The van der Waals surface area contributed by atoms with Crippen LogP contribution in [0.3, 0.4) is 0 Å². The van der Waals surface area contributed by atoms with Gasteiger partial charge in [-0.1, -0.05) is 69.9 Å². The Labute approximate surface area is 136 Å². The first-order valence-electron chi connectivity index (χ1n) is 8.84. The molecule has 1 saturated carbocycles. The van der Waals surface area contributed by atoms with Crippen LogP contribution >= 0.6 is 11.6 Å². The second kappa shape index (κ2) is 8.22. The molecule has 0 aliphatic heterocycles. The molecule has 4 atom stereocenters. The first-order chi connectivity index (χ1) is 10.1. The molecule has 0 spiro atoms. The molecule has 0 radical (unpaired) electrons. The fourth-order valence-electron chi connectivity index (χ4n) is 3.97. The maximum atomic E-state index is 6.47. The zero-order valence-electron chi connectivity index (χ0n) is 13.9. The monoisotopic (exact) mass is 306 g/mol. The predicted octanol–water partition coefficient (Wildman–Crippen LogP) is 6.67. The largest absolute Gasteiger partial charge is 0.123 e. The van der Waals surface area contributed by atoms with Gasteiger partial charge < -0.3 is 0 Å². The van der Waals surface area contributed by atoms with Crippen LogP contribution in [0.15, 0.2) is 35.5 Å². The van der Waals surface area contributed by atoms with Gasteiger partial charge in [0.1, 0.15) is 0 Å². The Kier molecular flexibility index (Phi) is 6.61. The number of unbranched alkanes of at least 4 members (excludes halogenated alkanes) is 3. The molecule has 0 N–H and O–H groups in total. The Morgan fingerprint density at radius 3 is 2.57 bits per heavy atom. The van der Waals surface area contributed by atoms with Gasteiger partial charge in [0.2, 0.25) is 0 Å². The van der Waals surface area contributed by atoms with Crippen molar-refractivity contribution in [2.75, 3.05) is 0 Å². The molecule has 0 heterocycles. The van der Waals surface area contributed by atoms with Crippen LogP contribution in [0.2, 0.25) is 0 Å². The van der Waals surface area contributed by atoms with Gasteiger partial charge >= 0.3 is 0 Å². The number of hydrogen-bond acceptors (Lipinski definition) is 0. The van der Waals surface area contributed by atoms with Gasteiger partial charge in [-0.15, -0.1) is 11.6 Å². The summed E-state index contributed by atoms with van der Waals surface area (Å²) >= 11 is 6.47. The average Bonchev–Trinajstić information content (AvgIpc) is 2.64. The first-order valence-corrected chi connectivity index (χ1v) is 9.28. The molecule has 0 amide bonds. The topological polar surface area (TPSA) is 0 Å². The normalized spacial score (nSPS) is 32.8. The van der Waals surface area contributed by atoms with Crippen LogP contribution in [-0.4, -0.2) is 5.38 Å². The molecule has 1 fully saturated rings. The average molecular weight is 307 g/mol. The van der Waals surface area contributed by atoms with Crippen molar-refractivity contribution in [2.45, 2.75) is 71.1 Å². The highest BCUT2D eigenvalue weighted by Crippen LogP contribution is 2.44. The molecule has 0 aromatic carbocycles. The molecular formula is C20H31Cl. The van der Waals surface area contributed by atoms with E-state index in [9.17, 15) is 0 Å². The van der Waals surface area contributed by atoms with E-state index in [2.05, 4.69) is 45.1 Å². The van der Waals surface area contributed by atoms with E-state index < -0.39 is 0 Å². The van der Waals surface area contributed by atoms with Crippen LogP contribution in [0.5, 0.6) is 0 Å². The van der Waals surface area contributed by atoms with Gasteiger partial charge in [-0.2, -0.15) is 0 Å². The van der Waals surface area contributed by atoms with Crippen LogP contribution < -0.4 is 0 Å². The number of halogens is 1. The first kappa shape index (κ1) is 16.9. The maximum absolute atomic E-state index is 6.47. The number of hydrogen-bond donors (Lipinski definition) is 0. The van der Waals surface area contributed by atoms with Crippen molar-refractivity contribution < 1.29 is 0 Å². The Morgan fingerprint density at radius 2 is 1.90 bits per heavy atom. The molecular weight excluding hydrogens is 276 g/mol. The summed E-state index contributed by atoms with van der Waals surface area (Å²) in [5, 5.41) is 0.351. The molecule has 2 aliphatic rings. The minimum absolute atomic E-state index is 0.351. The molecule has 0 aromatic heterocycles. The van der Waals surface area contributed by atoms with Crippen LogP contribution in [0.1, 0.15) is 65.7 Å². The van der Waals surface area contributed by atoms with Crippen molar-refractivity contribution in [2.24, 2.45) is 17.8 Å². The molecule has 0 bridgehead atoms. The summed E-state index contributed by atoms with van der Waals surface area (Å²) in [6.07, 6.45) is 18.5. The molecule has 2 aliphatic carbocycles. The standard InChI is InChI=1S/C20H31Cl/c1-4-5-6-7-9-17-10-8-11-18(13-12-17)20-15(2)14-19(21)16(20)3/h10-13,15-16,19-20H,4-9,14H2,1-3H3. The Bertz CT molecular complexity index is 416. The highest BCUT2D eigenvalue weighted by molar-refractivity contribution is 6.21. The highest BCUT2D eigenvalue weighted by Gasteiger charge is 2.38. The van der Waals surface area contributed by atoms with E-state index in [0.29, 0.717) is 23.1 Å². The van der Waals surface area contributed by atoms with Crippen molar-refractivity contribution >= 4 is 11.6 Å². The molecule has 2 rings (SSSR count). The predicted molar refractivity (Wildman–Crippen MR) is 94.8 cm³/mol. The number of alkyl halides is 1. The Balaban J connectivity index is 1.92. The zero-order valence-corrected chi connectivity index (χ0v) is 14.7. The van der Waals surface area contributed by atoms with Crippen molar-refractivity contribution in [3.8, 4) is 0 Å². The van der Waals surface area contributed by atoms with Gasteiger partial charge in [0.05, 0.1) is 0 Å². The quantitative estimate of drug-likeness (QED) is 0.380. The van der Waals surface area contributed by atoms with Crippen molar-refractivity contribution in [1.29, 1.82) is 0 Å². The molecule has 0 saturated heterocycles. The van der Waals surface area contributed by atoms with Gasteiger partial charge in [0.25, 0.3) is 0 Å². The van der Waals surface area contributed by atoms with E-state index in [1.165, 1.54) is 43.3 Å². The highest BCUT2D eigenvalue weighted by atomic mass is 35.5. The Hall–Kier alpha value is -0.490. The SMILES string of the molecule is CCCCCCC1=CCC=C(C2C(C)CC(Cl)C2C)C=C1. The summed E-state index contributed by atoms with van der Waals surface area (Å²) in [7, 11) is 0. The van der Waals surface area contributed by atoms with E-state index in [-0.39, 0.29) is 0 Å². The lowest BCUT2D eigenvalue weighted by molar-refractivity contribution is 0.411. The second-order valence-corrected chi connectivity index (χ2v) is 7.54. The third-order valence-electron chi connectivity index (χ3n) is 5.27. The van der Waals surface area contributed by atoms with Crippen molar-refractivity contribution in [3.63, 3.8) is 0 Å². The summed E-state index contributed by atoms with van der Waals surface area (Å²) in [5.41, 5.74) is 3.05. The van der Waals surface area contributed by atoms with Gasteiger partial charge in [0.15, 0.2) is 0 Å². The van der Waals surface area contributed by atoms with Crippen LogP contribution in [0.4, 0.5) is 0 Å². The van der Waals surface area contributed by atoms with Crippen LogP contribution in [-0.2, 0) is 0 Å². The zero-order chi connectivity index (χ0) is 15.2. The summed E-state index contributed by atoms with van der Waals surface area (Å²) in [6, 6.07) is 0. The summed E-state index contributed by atoms with van der Waals surface area (Å²) in [5.74, 6) is 1.96. The third kappa shape index (κ3) is 4.49. The van der Waals surface area contributed by atoms with Gasteiger partial charge in [-0.05, 0) is 49.0 Å². The number of rotatable bonds is 6. The van der Waals surface area contributed by atoms with E-state index in [0.717, 1.165) is 12.8 Å². The minimum atomic E-state index is 0.351. The van der Waals surface area contributed by atoms with Crippen molar-refractivity contribution in [3.05, 3.63) is 35.5 Å². The van der Waals surface area contributed by atoms with E-state index >= 15 is 0 Å². The molecule has 4 unspecified atom stereocenters. The maximum Gasteiger partial charge on any atom is 0.0370 e.